The summed E-state index contributed by atoms with van der Waals surface area (Å²) in [5.74, 6) is 0.535. The van der Waals surface area contributed by atoms with Crippen LogP contribution in [0.4, 0.5) is 0 Å². The number of piperidine rings is 1. The van der Waals surface area contributed by atoms with Crippen molar-refractivity contribution >= 4 is 36.4 Å². The second-order valence-corrected chi connectivity index (χ2v) is 6.33. The van der Waals surface area contributed by atoms with Crippen LogP contribution in [0.5, 0.6) is 0 Å². The molecule has 2 N–H and O–H groups in total. The molecule has 3 aliphatic rings. The first-order chi connectivity index (χ1) is 10.6. The molecule has 0 saturated carbocycles. The third-order valence-electron chi connectivity index (χ3n) is 4.82. The van der Waals surface area contributed by atoms with Gasteiger partial charge in [0, 0.05) is 31.4 Å². The molecular formula is C15H21Cl2N5O2. The van der Waals surface area contributed by atoms with E-state index in [4.69, 9.17) is 0 Å². The molecule has 2 aromatic heterocycles. The van der Waals surface area contributed by atoms with Crippen molar-refractivity contribution in [2.75, 3.05) is 19.6 Å². The summed E-state index contributed by atoms with van der Waals surface area (Å²) in [6, 6.07) is 1.82. The molecule has 0 aliphatic carbocycles. The number of aryl methyl sites for hydroxylation is 1. The van der Waals surface area contributed by atoms with Crippen LogP contribution in [0.2, 0.25) is 0 Å². The highest BCUT2D eigenvalue weighted by molar-refractivity contribution is 5.95. The van der Waals surface area contributed by atoms with Crippen molar-refractivity contribution in [2.24, 2.45) is 5.92 Å². The normalized spacial score (nSPS) is 22.6. The Hall–Kier alpha value is -1.57. The molecule has 132 valence electrons. The van der Waals surface area contributed by atoms with E-state index in [-0.39, 0.29) is 36.3 Å². The Morgan fingerprint density at radius 2 is 2.08 bits per heavy atom. The van der Waals surface area contributed by atoms with Gasteiger partial charge in [-0.25, -0.2) is 9.50 Å². The average molecular weight is 374 g/mol. The first-order valence-electron chi connectivity index (χ1n) is 7.72. The van der Waals surface area contributed by atoms with Crippen LogP contribution in [0.15, 0.2) is 17.1 Å². The Labute approximate surface area is 151 Å². The van der Waals surface area contributed by atoms with Crippen LogP contribution in [-0.4, -0.2) is 51.1 Å². The number of carbonyl (C=O) groups is 1. The number of fused-ring (bicyclic) bond motifs is 5. The van der Waals surface area contributed by atoms with Gasteiger partial charge in [-0.15, -0.1) is 24.8 Å². The molecule has 0 aromatic carbocycles. The van der Waals surface area contributed by atoms with Gasteiger partial charge in [0.15, 0.2) is 5.65 Å². The molecule has 1 amide bonds. The Balaban J connectivity index is 0.00000104. The maximum absolute atomic E-state index is 12.9. The first kappa shape index (κ1) is 18.8. The standard InChI is InChI=1S/C15H19N5O2.2ClH/c1-9-12(6-17-13-4-14(21)18-20(9)13)15(22)19-7-10-2-3-11(8-19)16-5-10;;/h4,6,10-11,16H,2-3,5,7-8H2,1H3,(H,18,21);2*1H/t10-,11-;;/m0../s1. The molecule has 3 saturated heterocycles. The molecule has 3 aliphatic heterocycles. The molecule has 3 fully saturated rings. The van der Waals surface area contributed by atoms with Crippen molar-refractivity contribution in [3.8, 4) is 0 Å². The van der Waals surface area contributed by atoms with Crippen molar-refractivity contribution in [3.05, 3.63) is 33.9 Å². The number of hydrogen-bond acceptors (Lipinski definition) is 4. The second-order valence-electron chi connectivity index (χ2n) is 6.33. The van der Waals surface area contributed by atoms with Crippen LogP contribution >= 0.6 is 24.8 Å². The summed E-state index contributed by atoms with van der Waals surface area (Å²) in [7, 11) is 0. The van der Waals surface area contributed by atoms with Crippen molar-refractivity contribution in [3.63, 3.8) is 0 Å². The maximum atomic E-state index is 12.9. The number of halogens is 2. The summed E-state index contributed by atoms with van der Waals surface area (Å²) in [5.41, 5.74) is 1.61. The van der Waals surface area contributed by atoms with E-state index in [0.717, 1.165) is 31.7 Å². The maximum Gasteiger partial charge on any atom is 0.266 e. The first-order valence-corrected chi connectivity index (χ1v) is 7.72. The number of aromatic amines is 1. The summed E-state index contributed by atoms with van der Waals surface area (Å²) >= 11 is 0. The summed E-state index contributed by atoms with van der Waals surface area (Å²) in [4.78, 5) is 30.5. The van der Waals surface area contributed by atoms with Crippen LogP contribution in [0.3, 0.4) is 0 Å². The van der Waals surface area contributed by atoms with E-state index in [2.05, 4.69) is 15.4 Å². The predicted octanol–water partition coefficient (Wildman–Crippen LogP) is 0.999. The van der Waals surface area contributed by atoms with Gasteiger partial charge in [-0.3, -0.25) is 14.7 Å². The SMILES string of the molecule is Cc1c(C(=O)N2C[C@H]3CC[C@@H](C2)NC3)cnc2cc(=O)[nH]n12.Cl.Cl. The van der Waals surface area contributed by atoms with E-state index >= 15 is 0 Å². The van der Waals surface area contributed by atoms with Gasteiger partial charge < -0.3 is 10.2 Å². The number of H-pyrrole nitrogens is 1. The lowest BCUT2D eigenvalue weighted by molar-refractivity contribution is 0.0747. The average Bonchev–Trinajstić information content (AvgIpc) is 2.69. The minimum absolute atomic E-state index is 0. The number of nitrogens with one attached hydrogen (secondary N) is 2. The Bertz CT molecular complexity index is 781. The fraction of sp³-hybridized carbons (Fsp3) is 0.533. The van der Waals surface area contributed by atoms with Gasteiger partial charge in [-0.1, -0.05) is 0 Å². The largest absolute Gasteiger partial charge is 0.337 e. The van der Waals surface area contributed by atoms with Gasteiger partial charge in [0.05, 0.1) is 11.3 Å². The lowest BCUT2D eigenvalue weighted by Gasteiger charge is -2.23. The molecule has 2 bridgehead atoms. The molecule has 5 heterocycles. The van der Waals surface area contributed by atoms with Gasteiger partial charge in [-0.2, -0.15) is 0 Å². The zero-order valence-corrected chi connectivity index (χ0v) is 15.0. The zero-order valence-electron chi connectivity index (χ0n) is 13.3. The number of aromatic nitrogens is 3. The second kappa shape index (κ2) is 7.13. The lowest BCUT2D eigenvalue weighted by atomic mass is 9.97. The topological polar surface area (TPSA) is 82.5 Å². The number of nitrogens with zero attached hydrogens (tertiary/aromatic N) is 3. The van der Waals surface area contributed by atoms with Gasteiger partial charge in [0.1, 0.15) is 0 Å². The molecule has 0 radical (unpaired) electrons. The van der Waals surface area contributed by atoms with Crippen molar-refractivity contribution in [1.29, 1.82) is 0 Å². The van der Waals surface area contributed by atoms with Crippen molar-refractivity contribution < 1.29 is 4.79 Å². The number of amides is 1. The summed E-state index contributed by atoms with van der Waals surface area (Å²) in [5, 5.41) is 6.19. The van der Waals surface area contributed by atoms with Crippen LogP contribution in [0.25, 0.3) is 5.65 Å². The van der Waals surface area contributed by atoms with Gasteiger partial charge in [0.2, 0.25) is 0 Å². The lowest BCUT2D eigenvalue weighted by Crippen LogP contribution is -2.40. The van der Waals surface area contributed by atoms with E-state index in [0.29, 0.717) is 23.2 Å². The molecular weight excluding hydrogens is 353 g/mol. The monoisotopic (exact) mass is 373 g/mol. The van der Waals surface area contributed by atoms with Gasteiger partial charge >= 0.3 is 0 Å². The Morgan fingerprint density at radius 1 is 1.29 bits per heavy atom. The van der Waals surface area contributed by atoms with Crippen LogP contribution < -0.4 is 10.9 Å². The van der Waals surface area contributed by atoms with E-state index in [1.165, 1.54) is 12.5 Å². The Morgan fingerprint density at radius 3 is 2.79 bits per heavy atom. The zero-order chi connectivity index (χ0) is 15.3. The fourth-order valence-electron chi connectivity index (χ4n) is 3.56. The van der Waals surface area contributed by atoms with Crippen LogP contribution in [0, 0.1) is 12.8 Å². The predicted molar refractivity (Wildman–Crippen MR) is 95.5 cm³/mol. The minimum atomic E-state index is -0.211. The summed E-state index contributed by atoms with van der Waals surface area (Å²) < 4.78 is 1.58. The highest BCUT2D eigenvalue weighted by Gasteiger charge is 2.32. The van der Waals surface area contributed by atoms with E-state index in [9.17, 15) is 9.59 Å². The molecule has 24 heavy (non-hydrogen) atoms. The highest BCUT2D eigenvalue weighted by atomic mass is 35.5. The third-order valence-corrected chi connectivity index (χ3v) is 4.82. The van der Waals surface area contributed by atoms with E-state index in [1.54, 1.807) is 10.7 Å². The Kier molecular flexibility index (Phi) is 5.57. The minimum Gasteiger partial charge on any atom is -0.337 e. The van der Waals surface area contributed by atoms with Crippen LogP contribution in [-0.2, 0) is 0 Å². The molecule has 2 atom stereocenters. The van der Waals surface area contributed by atoms with E-state index < -0.39 is 0 Å². The van der Waals surface area contributed by atoms with Crippen molar-refractivity contribution in [1.82, 2.24) is 24.8 Å². The number of carbonyl (C=O) groups excluding carboxylic acids is 1. The molecule has 7 nitrogen and oxygen atoms in total. The third kappa shape index (κ3) is 3.16. The summed E-state index contributed by atoms with van der Waals surface area (Å²) in [6.07, 6.45) is 3.90. The van der Waals surface area contributed by atoms with Crippen LogP contribution in [0.1, 0.15) is 28.9 Å². The van der Waals surface area contributed by atoms with Crippen molar-refractivity contribution in [2.45, 2.75) is 25.8 Å². The summed E-state index contributed by atoms with van der Waals surface area (Å²) in [6.45, 7) is 4.37. The molecule has 0 spiro atoms. The molecule has 9 heteroatoms. The van der Waals surface area contributed by atoms with Gasteiger partial charge in [0.25, 0.3) is 11.5 Å². The fourth-order valence-corrected chi connectivity index (χ4v) is 3.56. The number of rotatable bonds is 1. The molecule has 5 rings (SSSR count). The quantitative estimate of drug-likeness (QED) is 0.780. The molecule has 0 unspecified atom stereocenters. The highest BCUT2D eigenvalue weighted by Crippen LogP contribution is 2.23. The van der Waals surface area contributed by atoms with E-state index in [1.807, 2.05) is 11.8 Å². The molecule has 2 aromatic rings. The number of hydrogen-bond donors (Lipinski definition) is 2. The van der Waals surface area contributed by atoms with Gasteiger partial charge in [-0.05, 0) is 32.2 Å². The smallest absolute Gasteiger partial charge is 0.266 e.